The predicted octanol–water partition coefficient (Wildman–Crippen LogP) is 4.05. The van der Waals surface area contributed by atoms with Crippen molar-refractivity contribution in [3.8, 4) is 0 Å². The van der Waals surface area contributed by atoms with Gasteiger partial charge in [0.15, 0.2) is 5.69 Å². The van der Waals surface area contributed by atoms with Crippen LogP contribution in [0.5, 0.6) is 0 Å². The molecular formula is C18H20F3N3O. The van der Waals surface area contributed by atoms with Gasteiger partial charge in [0, 0.05) is 11.6 Å². The number of carbonyl (C=O) groups excluding carboxylic acids is 1. The van der Waals surface area contributed by atoms with Crippen molar-refractivity contribution in [2.75, 3.05) is 0 Å². The third-order valence-electron chi connectivity index (χ3n) is 4.34. The summed E-state index contributed by atoms with van der Waals surface area (Å²) in [4.78, 5) is 12.4. The fourth-order valence-corrected chi connectivity index (χ4v) is 2.89. The molecule has 0 saturated heterocycles. The van der Waals surface area contributed by atoms with Crippen molar-refractivity contribution in [3.63, 3.8) is 0 Å². The topological polar surface area (TPSA) is 46.9 Å². The Morgan fingerprint density at radius 3 is 2.56 bits per heavy atom. The summed E-state index contributed by atoms with van der Waals surface area (Å²) >= 11 is 0. The molecular weight excluding hydrogens is 331 g/mol. The zero-order valence-corrected chi connectivity index (χ0v) is 13.9. The first-order valence-electron chi connectivity index (χ1n) is 8.37. The van der Waals surface area contributed by atoms with Crippen molar-refractivity contribution in [1.82, 2.24) is 15.1 Å². The molecule has 0 aliphatic heterocycles. The van der Waals surface area contributed by atoms with Gasteiger partial charge in [-0.2, -0.15) is 18.3 Å². The van der Waals surface area contributed by atoms with Gasteiger partial charge in [-0.3, -0.25) is 9.48 Å². The number of rotatable bonds is 6. The number of halogens is 3. The summed E-state index contributed by atoms with van der Waals surface area (Å²) in [7, 11) is 0. The van der Waals surface area contributed by atoms with E-state index in [2.05, 4.69) is 10.4 Å². The van der Waals surface area contributed by atoms with Crippen LogP contribution < -0.4 is 5.32 Å². The molecule has 1 aromatic heterocycles. The van der Waals surface area contributed by atoms with Crippen LogP contribution in [-0.4, -0.2) is 15.7 Å². The van der Waals surface area contributed by atoms with E-state index in [-0.39, 0.29) is 24.4 Å². The summed E-state index contributed by atoms with van der Waals surface area (Å²) in [5, 5.41) is 6.50. The number of hydrogen-bond donors (Lipinski definition) is 1. The quantitative estimate of drug-likeness (QED) is 0.854. The number of carbonyl (C=O) groups is 1. The molecule has 1 fully saturated rings. The molecule has 1 aromatic carbocycles. The summed E-state index contributed by atoms with van der Waals surface area (Å²) in [5.41, 5.74) is 0.532. The molecule has 0 bridgehead atoms. The van der Waals surface area contributed by atoms with Gasteiger partial charge in [-0.05, 0) is 30.9 Å². The number of hydrogen-bond acceptors (Lipinski definition) is 2. The van der Waals surface area contributed by atoms with Crippen LogP contribution in [0.3, 0.4) is 0 Å². The lowest BCUT2D eigenvalue weighted by Gasteiger charge is -2.18. The molecule has 1 aliphatic carbocycles. The average molecular weight is 351 g/mol. The summed E-state index contributed by atoms with van der Waals surface area (Å²) in [5.74, 6) is -0.262. The van der Waals surface area contributed by atoms with Crippen molar-refractivity contribution in [2.24, 2.45) is 0 Å². The van der Waals surface area contributed by atoms with Crippen molar-refractivity contribution in [1.29, 1.82) is 0 Å². The molecule has 1 atom stereocenters. The van der Waals surface area contributed by atoms with Crippen molar-refractivity contribution < 1.29 is 18.0 Å². The second-order valence-corrected chi connectivity index (χ2v) is 6.32. The van der Waals surface area contributed by atoms with E-state index in [0.717, 1.165) is 24.5 Å². The standard InChI is InChI=1S/C18H20F3N3O/c1-2-14(12-6-4-3-5-7-12)22-17(25)11-24-15(13-8-9-13)10-16(23-24)18(19,20)21/h3-7,10,13-14H,2,8-9,11H2,1H3,(H,22,25). The van der Waals surface area contributed by atoms with Crippen LogP contribution in [0, 0.1) is 0 Å². The summed E-state index contributed by atoms with van der Waals surface area (Å²) < 4.78 is 39.9. The molecule has 0 spiro atoms. The molecule has 1 amide bonds. The Hall–Kier alpha value is -2.31. The SMILES string of the molecule is CCC(NC(=O)Cn1nc(C(F)(F)F)cc1C1CC1)c1ccccc1. The van der Waals surface area contributed by atoms with Crippen LogP contribution in [0.2, 0.25) is 0 Å². The molecule has 2 aromatic rings. The molecule has 1 aliphatic rings. The summed E-state index contributed by atoms with van der Waals surface area (Å²) in [6.45, 7) is 1.74. The number of nitrogens with one attached hydrogen (secondary N) is 1. The van der Waals surface area contributed by atoms with Crippen molar-refractivity contribution in [3.05, 3.63) is 53.3 Å². The molecule has 7 heteroatoms. The van der Waals surface area contributed by atoms with E-state index in [9.17, 15) is 18.0 Å². The zero-order valence-electron chi connectivity index (χ0n) is 13.9. The van der Waals surface area contributed by atoms with Crippen LogP contribution in [0.4, 0.5) is 13.2 Å². The fraction of sp³-hybridized carbons (Fsp3) is 0.444. The Kier molecular flexibility index (Phi) is 4.83. The van der Waals surface area contributed by atoms with E-state index in [1.54, 1.807) is 0 Å². The number of aromatic nitrogens is 2. The minimum atomic E-state index is -4.50. The molecule has 0 radical (unpaired) electrons. The van der Waals surface area contributed by atoms with Gasteiger partial charge in [0.25, 0.3) is 0 Å². The highest BCUT2D eigenvalue weighted by molar-refractivity contribution is 5.76. The van der Waals surface area contributed by atoms with Crippen LogP contribution in [0.25, 0.3) is 0 Å². The van der Waals surface area contributed by atoms with Crippen LogP contribution >= 0.6 is 0 Å². The number of benzene rings is 1. The Morgan fingerprint density at radius 2 is 2.00 bits per heavy atom. The first kappa shape index (κ1) is 17.5. The lowest BCUT2D eigenvalue weighted by Crippen LogP contribution is -2.32. The van der Waals surface area contributed by atoms with E-state index >= 15 is 0 Å². The average Bonchev–Trinajstić information content (AvgIpc) is 3.33. The third kappa shape index (κ3) is 4.21. The molecule has 25 heavy (non-hydrogen) atoms. The molecule has 4 nitrogen and oxygen atoms in total. The largest absolute Gasteiger partial charge is 0.435 e. The fourth-order valence-electron chi connectivity index (χ4n) is 2.89. The summed E-state index contributed by atoms with van der Waals surface area (Å²) in [6.07, 6.45) is -2.13. The number of nitrogens with zero attached hydrogens (tertiary/aromatic N) is 2. The maximum Gasteiger partial charge on any atom is 0.435 e. The Bertz CT molecular complexity index is 736. The molecule has 1 N–H and O–H groups in total. The Balaban J connectivity index is 1.73. The van der Waals surface area contributed by atoms with Gasteiger partial charge >= 0.3 is 6.18 Å². The second kappa shape index (κ2) is 6.90. The van der Waals surface area contributed by atoms with Gasteiger partial charge < -0.3 is 5.32 Å². The van der Waals surface area contributed by atoms with Crippen LogP contribution in [0.1, 0.15) is 55.1 Å². The molecule has 134 valence electrons. The number of alkyl halides is 3. The molecule has 1 unspecified atom stereocenters. The number of amides is 1. The van der Waals surface area contributed by atoms with Gasteiger partial charge in [0.2, 0.25) is 5.91 Å². The van der Waals surface area contributed by atoms with Crippen molar-refractivity contribution in [2.45, 2.75) is 50.9 Å². The second-order valence-electron chi connectivity index (χ2n) is 6.32. The summed E-state index contributed by atoms with van der Waals surface area (Å²) in [6, 6.07) is 10.4. The normalized spacial score (nSPS) is 15.8. The van der Waals surface area contributed by atoms with Gasteiger partial charge in [0.1, 0.15) is 6.54 Å². The van der Waals surface area contributed by atoms with Gasteiger partial charge in [-0.25, -0.2) is 0 Å². The smallest absolute Gasteiger partial charge is 0.348 e. The molecule has 3 rings (SSSR count). The monoisotopic (exact) mass is 351 g/mol. The van der Waals surface area contributed by atoms with Gasteiger partial charge in [-0.1, -0.05) is 37.3 Å². The Labute approximate surface area is 144 Å². The highest BCUT2D eigenvalue weighted by Gasteiger charge is 2.38. The van der Waals surface area contributed by atoms with E-state index in [1.807, 2.05) is 37.3 Å². The first-order valence-corrected chi connectivity index (χ1v) is 8.37. The zero-order chi connectivity index (χ0) is 18.0. The maximum atomic E-state index is 12.9. The lowest BCUT2D eigenvalue weighted by atomic mass is 10.0. The third-order valence-corrected chi connectivity index (χ3v) is 4.34. The van der Waals surface area contributed by atoms with E-state index in [1.165, 1.54) is 4.68 Å². The minimum absolute atomic E-state index is 0.0764. The first-order chi connectivity index (χ1) is 11.9. The minimum Gasteiger partial charge on any atom is -0.348 e. The van der Waals surface area contributed by atoms with Gasteiger partial charge in [-0.15, -0.1) is 0 Å². The highest BCUT2D eigenvalue weighted by Crippen LogP contribution is 2.42. The maximum absolute atomic E-state index is 12.9. The highest BCUT2D eigenvalue weighted by atomic mass is 19.4. The van der Waals surface area contributed by atoms with Crippen molar-refractivity contribution >= 4 is 5.91 Å². The Morgan fingerprint density at radius 1 is 1.32 bits per heavy atom. The molecule has 1 saturated carbocycles. The molecule has 1 heterocycles. The van der Waals surface area contributed by atoms with Crippen LogP contribution in [-0.2, 0) is 17.5 Å². The van der Waals surface area contributed by atoms with E-state index in [4.69, 9.17) is 0 Å². The predicted molar refractivity (Wildman–Crippen MR) is 86.8 cm³/mol. The lowest BCUT2D eigenvalue weighted by molar-refractivity contribution is -0.141. The van der Waals surface area contributed by atoms with Gasteiger partial charge in [0.05, 0.1) is 6.04 Å². The van der Waals surface area contributed by atoms with E-state index in [0.29, 0.717) is 12.1 Å². The van der Waals surface area contributed by atoms with E-state index < -0.39 is 11.9 Å². The van der Waals surface area contributed by atoms with Crippen LogP contribution in [0.15, 0.2) is 36.4 Å².